The number of carbonyl (C=O) groups is 3. The van der Waals surface area contributed by atoms with Gasteiger partial charge in [0.2, 0.25) is 5.91 Å². The first-order valence-electron chi connectivity index (χ1n) is 5.84. The Hall–Kier alpha value is -2.58. The molecule has 21 heavy (non-hydrogen) atoms. The lowest BCUT2D eigenvalue weighted by Crippen LogP contribution is -2.33. The SMILES string of the molecule is O=C(CC1NC(=O)NC1=O)Nc1ccc(C(F)(F)F)cc1. The number of anilines is 1. The van der Waals surface area contributed by atoms with Gasteiger partial charge in [0.15, 0.2) is 0 Å². The number of urea groups is 1. The van der Waals surface area contributed by atoms with E-state index in [-0.39, 0.29) is 12.1 Å². The maximum atomic E-state index is 12.4. The zero-order valence-corrected chi connectivity index (χ0v) is 10.5. The molecular formula is C12H10F3N3O3. The molecule has 1 saturated heterocycles. The summed E-state index contributed by atoms with van der Waals surface area (Å²) in [5.74, 6) is -1.22. The predicted molar refractivity (Wildman–Crippen MR) is 65.2 cm³/mol. The van der Waals surface area contributed by atoms with Gasteiger partial charge in [-0.2, -0.15) is 13.2 Å². The van der Waals surface area contributed by atoms with Crippen LogP contribution in [-0.2, 0) is 15.8 Å². The van der Waals surface area contributed by atoms with Crippen LogP contribution in [0.5, 0.6) is 0 Å². The highest BCUT2D eigenvalue weighted by Gasteiger charge is 2.32. The molecule has 1 aliphatic heterocycles. The topological polar surface area (TPSA) is 87.3 Å². The van der Waals surface area contributed by atoms with Gasteiger partial charge in [-0.15, -0.1) is 0 Å². The van der Waals surface area contributed by atoms with Crippen LogP contribution in [0.4, 0.5) is 23.7 Å². The molecule has 0 spiro atoms. The van der Waals surface area contributed by atoms with Crippen LogP contribution in [-0.4, -0.2) is 23.9 Å². The van der Waals surface area contributed by atoms with Gasteiger partial charge < -0.3 is 10.6 Å². The molecule has 0 saturated carbocycles. The van der Waals surface area contributed by atoms with Crippen molar-refractivity contribution in [3.8, 4) is 0 Å². The molecule has 1 aliphatic rings. The highest BCUT2D eigenvalue weighted by molar-refractivity contribution is 6.06. The van der Waals surface area contributed by atoms with Crippen LogP contribution in [0.2, 0.25) is 0 Å². The average Bonchev–Trinajstić information content (AvgIpc) is 2.67. The van der Waals surface area contributed by atoms with Gasteiger partial charge in [-0.25, -0.2) is 4.79 Å². The van der Waals surface area contributed by atoms with Gasteiger partial charge in [0.25, 0.3) is 5.91 Å². The molecule has 0 radical (unpaired) electrons. The van der Waals surface area contributed by atoms with E-state index in [1.54, 1.807) is 0 Å². The van der Waals surface area contributed by atoms with Crippen molar-refractivity contribution in [2.75, 3.05) is 5.32 Å². The van der Waals surface area contributed by atoms with Crippen molar-refractivity contribution in [2.45, 2.75) is 18.6 Å². The largest absolute Gasteiger partial charge is 0.416 e. The molecule has 4 amide bonds. The first-order chi connectivity index (χ1) is 9.75. The number of alkyl halides is 3. The molecule has 1 aromatic carbocycles. The molecule has 1 aromatic rings. The van der Waals surface area contributed by atoms with Gasteiger partial charge >= 0.3 is 12.2 Å². The Kier molecular flexibility index (Phi) is 3.83. The summed E-state index contributed by atoms with van der Waals surface area (Å²) in [5, 5.41) is 6.55. The normalized spacial score (nSPS) is 18.1. The zero-order chi connectivity index (χ0) is 15.6. The van der Waals surface area contributed by atoms with Crippen molar-refractivity contribution in [1.82, 2.24) is 10.6 Å². The molecular weight excluding hydrogens is 291 g/mol. The first kappa shape index (κ1) is 14.8. The lowest BCUT2D eigenvalue weighted by Gasteiger charge is -2.10. The number of hydrogen-bond donors (Lipinski definition) is 3. The number of rotatable bonds is 3. The minimum Gasteiger partial charge on any atom is -0.326 e. The highest BCUT2D eigenvalue weighted by Crippen LogP contribution is 2.29. The van der Waals surface area contributed by atoms with E-state index in [9.17, 15) is 27.6 Å². The van der Waals surface area contributed by atoms with E-state index in [4.69, 9.17) is 0 Å². The van der Waals surface area contributed by atoms with E-state index in [1.165, 1.54) is 0 Å². The number of carbonyl (C=O) groups excluding carboxylic acids is 3. The summed E-state index contributed by atoms with van der Waals surface area (Å²) in [6.07, 6.45) is -4.76. The number of halogens is 3. The van der Waals surface area contributed by atoms with Crippen molar-refractivity contribution in [2.24, 2.45) is 0 Å². The van der Waals surface area contributed by atoms with Crippen molar-refractivity contribution in [3.05, 3.63) is 29.8 Å². The van der Waals surface area contributed by atoms with E-state index < -0.39 is 35.6 Å². The maximum absolute atomic E-state index is 12.4. The van der Waals surface area contributed by atoms with Crippen LogP contribution in [0.25, 0.3) is 0 Å². The van der Waals surface area contributed by atoms with E-state index >= 15 is 0 Å². The third-order valence-electron chi connectivity index (χ3n) is 2.74. The fourth-order valence-corrected chi connectivity index (χ4v) is 1.74. The van der Waals surface area contributed by atoms with Crippen molar-refractivity contribution < 1.29 is 27.6 Å². The molecule has 1 fully saturated rings. The summed E-state index contributed by atoms with van der Waals surface area (Å²) in [7, 11) is 0. The first-order valence-corrected chi connectivity index (χ1v) is 5.84. The van der Waals surface area contributed by atoms with Crippen LogP contribution in [0, 0.1) is 0 Å². The van der Waals surface area contributed by atoms with E-state index in [0.29, 0.717) is 0 Å². The van der Waals surface area contributed by atoms with Crippen LogP contribution < -0.4 is 16.0 Å². The molecule has 0 aromatic heterocycles. The number of amides is 4. The monoisotopic (exact) mass is 301 g/mol. The summed E-state index contributed by atoms with van der Waals surface area (Å²) in [6.45, 7) is 0. The molecule has 0 bridgehead atoms. The fourth-order valence-electron chi connectivity index (χ4n) is 1.74. The fraction of sp³-hybridized carbons (Fsp3) is 0.250. The molecule has 6 nitrogen and oxygen atoms in total. The van der Waals surface area contributed by atoms with Gasteiger partial charge in [-0.05, 0) is 24.3 Å². The van der Waals surface area contributed by atoms with Gasteiger partial charge in [0, 0.05) is 5.69 Å². The quantitative estimate of drug-likeness (QED) is 0.734. The summed E-state index contributed by atoms with van der Waals surface area (Å²) >= 11 is 0. The van der Waals surface area contributed by atoms with Crippen molar-refractivity contribution >= 4 is 23.5 Å². The van der Waals surface area contributed by atoms with Crippen LogP contribution >= 0.6 is 0 Å². The minimum absolute atomic E-state index is 0.165. The Balaban J connectivity index is 1.94. The predicted octanol–water partition coefficient (Wildman–Crippen LogP) is 1.24. The van der Waals surface area contributed by atoms with Gasteiger partial charge in [0.05, 0.1) is 12.0 Å². The lowest BCUT2D eigenvalue weighted by molar-refractivity contribution is -0.137. The molecule has 0 aliphatic carbocycles. The number of hydrogen-bond acceptors (Lipinski definition) is 3. The van der Waals surface area contributed by atoms with Crippen LogP contribution in [0.15, 0.2) is 24.3 Å². The second-order valence-electron chi connectivity index (χ2n) is 4.34. The summed E-state index contributed by atoms with van der Waals surface area (Å²) in [6, 6.07) is 2.21. The van der Waals surface area contributed by atoms with Crippen molar-refractivity contribution in [3.63, 3.8) is 0 Å². The van der Waals surface area contributed by atoms with Crippen molar-refractivity contribution in [1.29, 1.82) is 0 Å². The Bertz CT molecular complexity index is 584. The second-order valence-corrected chi connectivity index (χ2v) is 4.34. The Morgan fingerprint density at radius 3 is 2.29 bits per heavy atom. The second kappa shape index (κ2) is 5.43. The number of nitrogens with one attached hydrogen (secondary N) is 3. The summed E-state index contributed by atoms with van der Waals surface area (Å²) in [5.41, 5.74) is -0.666. The summed E-state index contributed by atoms with van der Waals surface area (Å²) < 4.78 is 37.1. The third-order valence-corrected chi connectivity index (χ3v) is 2.74. The molecule has 1 heterocycles. The molecule has 9 heteroatoms. The smallest absolute Gasteiger partial charge is 0.326 e. The van der Waals surface area contributed by atoms with Crippen LogP contribution in [0.3, 0.4) is 0 Å². The minimum atomic E-state index is -4.45. The van der Waals surface area contributed by atoms with Gasteiger partial charge in [-0.1, -0.05) is 0 Å². The standard InChI is InChI=1S/C12H10F3N3O3/c13-12(14,15)6-1-3-7(4-2-6)16-9(19)5-8-10(20)18-11(21)17-8/h1-4,8H,5H2,(H,16,19)(H2,17,18,20,21). The Labute approximate surface area is 116 Å². The van der Waals surface area contributed by atoms with E-state index in [2.05, 4.69) is 10.6 Å². The van der Waals surface area contributed by atoms with Gasteiger partial charge in [-0.3, -0.25) is 14.9 Å². The number of benzene rings is 1. The van der Waals surface area contributed by atoms with E-state index in [1.807, 2.05) is 5.32 Å². The third kappa shape index (κ3) is 3.71. The maximum Gasteiger partial charge on any atom is 0.416 e. The Morgan fingerprint density at radius 2 is 1.81 bits per heavy atom. The van der Waals surface area contributed by atoms with E-state index in [0.717, 1.165) is 24.3 Å². The average molecular weight is 301 g/mol. The zero-order valence-electron chi connectivity index (χ0n) is 10.5. The molecule has 1 unspecified atom stereocenters. The van der Waals surface area contributed by atoms with Gasteiger partial charge in [0.1, 0.15) is 6.04 Å². The number of imide groups is 1. The highest BCUT2D eigenvalue weighted by atomic mass is 19.4. The molecule has 3 N–H and O–H groups in total. The van der Waals surface area contributed by atoms with Crippen LogP contribution in [0.1, 0.15) is 12.0 Å². The molecule has 2 rings (SSSR count). The molecule has 1 atom stereocenters. The Morgan fingerprint density at radius 1 is 1.19 bits per heavy atom. The summed E-state index contributed by atoms with van der Waals surface area (Å²) in [4.78, 5) is 33.7. The molecule has 112 valence electrons. The lowest BCUT2D eigenvalue weighted by atomic mass is 10.1.